The lowest BCUT2D eigenvalue weighted by Gasteiger charge is -2.32. The first-order chi connectivity index (χ1) is 12.3. The third kappa shape index (κ3) is 3.90. The van der Waals surface area contributed by atoms with Crippen molar-refractivity contribution in [3.63, 3.8) is 0 Å². The SMILES string of the molecule is CN(CCc1ccccc1)CCC1CC[C@H]2Oc3ccccc3[C@H]2C1. The number of fused-ring (bicyclic) bond motifs is 3. The van der Waals surface area contributed by atoms with Crippen molar-refractivity contribution in [2.75, 3.05) is 20.1 Å². The zero-order valence-corrected chi connectivity index (χ0v) is 15.2. The fourth-order valence-electron chi connectivity index (χ4n) is 4.50. The van der Waals surface area contributed by atoms with Gasteiger partial charge < -0.3 is 9.64 Å². The van der Waals surface area contributed by atoms with Gasteiger partial charge in [-0.25, -0.2) is 0 Å². The van der Waals surface area contributed by atoms with Crippen molar-refractivity contribution in [1.29, 1.82) is 0 Å². The highest BCUT2D eigenvalue weighted by Crippen LogP contribution is 2.47. The van der Waals surface area contributed by atoms with Crippen LogP contribution in [0.4, 0.5) is 0 Å². The highest BCUT2D eigenvalue weighted by atomic mass is 16.5. The van der Waals surface area contributed by atoms with Gasteiger partial charge in [-0.15, -0.1) is 0 Å². The molecule has 1 unspecified atom stereocenters. The van der Waals surface area contributed by atoms with Crippen LogP contribution < -0.4 is 4.74 Å². The number of para-hydroxylation sites is 1. The van der Waals surface area contributed by atoms with Crippen LogP contribution in [0, 0.1) is 5.92 Å². The van der Waals surface area contributed by atoms with Crippen LogP contribution in [-0.4, -0.2) is 31.1 Å². The van der Waals surface area contributed by atoms with Crippen LogP contribution in [0.1, 0.15) is 42.7 Å². The maximum atomic E-state index is 6.16. The van der Waals surface area contributed by atoms with Crippen molar-refractivity contribution in [2.24, 2.45) is 5.92 Å². The van der Waals surface area contributed by atoms with Gasteiger partial charge in [0.2, 0.25) is 0 Å². The monoisotopic (exact) mass is 335 g/mol. The minimum Gasteiger partial charge on any atom is -0.489 e. The third-order valence-corrected chi connectivity index (χ3v) is 6.04. The molecular weight excluding hydrogens is 306 g/mol. The Morgan fingerprint density at radius 1 is 0.960 bits per heavy atom. The second-order valence-electron chi connectivity index (χ2n) is 7.81. The predicted molar refractivity (Wildman–Crippen MR) is 103 cm³/mol. The van der Waals surface area contributed by atoms with Gasteiger partial charge in [-0.1, -0.05) is 48.5 Å². The first-order valence-electron chi connectivity index (χ1n) is 9.77. The van der Waals surface area contributed by atoms with E-state index in [1.807, 2.05) is 0 Å². The molecule has 0 amide bonds. The van der Waals surface area contributed by atoms with E-state index < -0.39 is 0 Å². The predicted octanol–water partition coefficient (Wildman–Crippen LogP) is 4.90. The number of ether oxygens (including phenoxy) is 1. The molecule has 2 heteroatoms. The number of hydrogen-bond donors (Lipinski definition) is 0. The van der Waals surface area contributed by atoms with E-state index in [4.69, 9.17) is 4.74 Å². The van der Waals surface area contributed by atoms with E-state index in [1.165, 1.54) is 43.4 Å². The molecule has 1 fully saturated rings. The summed E-state index contributed by atoms with van der Waals surface area (Å²) in [5.41, 5.74) is 2.89. The third-order valence-electron chi connectivity index (χ3n) is 6.04. The maximum absolute atomic E-state index is 6.16. The quantitative estimate of drug-likeness (QED) is 0.745. The zero-order valence-electron chi connectivity index (χ0n) is 15.2. The highest BCUT2D eigenvalue weighted by molar-refractivity contribution is 5.41. The summed E-state index contributed by atoms with van der Waals surface area (Å²) in [6, 6.07) is 19.5. The van der Waals surface area contributed by atoms with Crippen LogP contribution in [0.25, 0.3) is 0 Å². The maximum Gasteiger partial charge on any atom is 0.123 e. The van der Waals surface area contributed by atoms with Crippen molar-refractivity contribution in [3.05, 3.63) is 65.7 Å². The summed E-state index contributed by atoms with van der Waals surface area (Å²) in [7, 11) is 2.27. The highest BCUT2D eigenvalue weighted by Gasteiger charge is 2.38. The molecule has 0 saturated heterocycles. The number of likely N-dealkylation sites (N-methyl/N-ethyl adjacent to an activating group) is 1. The Morgan fingerprint density at radius 3 is 2.64 bits per heavy atom. The molecule has 0 spiro atoms. The number of rotatable bonds is 6. The smallest absolute Gasteiger partial charge is 0.123 e. The largest absolute Gasteiger partial charge is 0.489 e. The van der Waals surface area contributed by atoms with E-state index in [2.05, 4.69) is 66.5 Å². The van der Waals surface area contributed by atoms with Crippen LogP contribution in [0.15, 0.2) is 54.6 Å². The van der Waals surface area contributed by atoms with Gasteiger partial charge in [0.05, 0.1) is 0 Å². The lowest BCUT2D eigenvalue weighted by Crippen LogP contribution is -2.30. The average Bonchev–Trinajstić information content (AvgIpc) is 3.03. The standard InChI is InChI=1S/C23H29NO/c1-24(15-13-18-7-3-2-4-8-18)16-14-19-11-12-23-21(17-19)20-9-5-6-10-22(20)25-23/h2-10,19,21,23H,11-17H2,1H3/t19?,21-,23-/m1/s1. The summed E-state index contributed by atoms with van der Waals surface area (Å²) in [5, 5.41) is 0. The van der Waals surface area contributed by atoms with Gasteiger partial charge in [0, 0.05) is 18.0 Å². The second-order valence-corrected chi connectivity index (χ2v) is 7.81. The van der Waals surface area contributed by atoms with Crippen LogP contribution in [-0.2, 0) is 6.42 Å². The topological polar surface area (TPSA) is 12.5 Å². The number of benzene rings is 2. The normalized spacial score (nSPS) is 24.6. The van der Waals surface area contributed by atoms with Gasteiger partial charge in [-0.3, -0.25) is 0 Å². The van der Waals surface area contributed by atoms with Crippen molar-refractivity contribution in [3.8, 4) is 5.75 Å². The number of nitrogens with zero attached hydrogens (tertiary/aromatic N) is 1. The van der Waals surface area contributed by atoms with E-state index in [1.54, 1.807) is 0 Å². The van der Waals surface area contributed by atoms with Crippen LogP contribution >= 0.6 is 0 Å². The molecule has 1 aliphatic heterocycles. The first kappa shape index (κ1) is 16.7. The fraction of sp³-hybridized carbons (Fsp3) is 0.478. The van der Waals surface area contributed by atoms with Crippen molar-refractivity contribution in [1.82, 2.24) is 4.90 Å². The van der Waals surface area contributed by atoms with E-state index in [0.29, 0.717) is 12.0 Å². The Labute approximate surface area is 151 Å². The molecule has 1 heterocycles. The average molecular weight is 335 g/mol. The molecule has 1 aliphatic carbocycles. The van der Waals surface area contributed by atoms with E-state index in [9.17, 15) is 0 Å². The molecule has 25 heavy (non-hydrogen) atoms. The molecule has 132 valence electrons. The first-order valence-corrected chi connectivity index (χ1v) is 9.77. The zero-order chi connectivity index (χ0) is 17.1. The van der Waals surface area contributed by atoms with Crippen molar-refractivity contribution >= 4 is 0 Å². The van der Waals surface area contributed by atoms with Crippen molar-refractivity contribution < 1.29 is 4.74 Å². The molecular formula is C23H29NO. The van der Waals surface area contributed by atoms with Gasteiger partial charge in [-0.2, -0.15) is 0 Å². The fourth-order valence-corrected chi connectivity index (χ4v) is 4.50. The van der Waals surface area contributed by atoms with Gasteiger partial charge in [0.15, 0.2) is 0 Å². The van der Waals surface area contributed by atoms with Gasteiger partial charge in [0.1, 0.15) is 11.9 Å². The molecule has 0 bridgehead atoms. The molecule has 2 aliphatic rings. The Kier molecular flexibility index (Phi) is 5.07. The molecule has 1 saturated carbocycles. The van der Waals surface area contributed by atoms with Gasteiger partial charge >= 0.3 is 0 Å². The second kappa shape index (κ2) is 7.61. The van der Waals surface area contributed by atoms with E-state index in [-0.39, 0.29) is 0 Å². The summed E-state index contributed by atoms with van der Waals surface area (Å²) in [5.74, 6) is 2.61. The molecule has 0 aromatic heterocycles. The van der Waals surface area contributed by atoms with Crippen LogP contribution in [0.5, 0.6) is 5.75 Å². The lowest BCUT2D eigenvalue weighted by atomic mass is 9.76. The van der Waals surface area contributed by atoms with E-state index >= 15 is 0 Å². The molecule has 3 atom stereocenters. The minimum absolute atomic E-state index is 0.435. The van der Waals surface area contributed by atoms with Gasteiger partial charge in [0.25, 0.3) is 0 Å². The summed E-state index contributed by atoms with van der Waals surface area (Å²) < 4.78 is 6.16. The summed E-state index contributed by atoms with van der Waals surface area (Å²) in [4.78, 5) is 2.50. The minimum atomic E-state index is 0.435. The molecule has 4 rings (SSSR count). The van der Waals surface area contributed by atoms with E-state index in [0.717, 1.165) is 24.6 Å². The Balaban J connectivity index is 1.25. The van der Waals surface area contributed by atoms with Crippen molar-refractivity contribution in [2.45, 2.75) is 44.1 Å². The molecule has 2 aromatic rings. The van der Waals surface area contributed by atoms with Crippen LogP contribution in [0.3, 0.4) is 0 Å². The summed E-state index contributed by atoms with van der Waals surface area (Å²) in [6.45, 7) is 2.35. The molecule has 2 nitrogen and oxygen atoms in total. The Hall–Kier alpha value is -1.80. The Bertz CT molecular complexity index is 684. The summed E-state index contributed by atoms with van der Waals surface area (Å²) >= 11 is 0. The number of hydrogen-bond acceptors (Lipinski definition) is 2. The van der Waals surface area contributed by atoms with Crippen LogP contribution in [0.2, 0.25) is 0 Å². The molecule has 2 aromatic carbocycles. The molecule has 0 N–H and O–H groups in total. The summed E-state index contributed by atoms with van der Waals surface area (Å²) in [6.07, 6.45) is 6.74. The molecule has 0 radical (unpaired) electrons. The van der Waals surface area contributed by atoms with Gasteiger partial charge in [-0.05, 0) is 63.2 Å². The lowest BCUT2D eigenvalue weighted by molar-refractivity contribution is 0.129. The Morgan fingerprint density at radius 2 is 1.76 bits per heavy atom.